The summed E-state index contributed by atoms with van der Waals surface area (Å²) in [6.07, 6.45) is 0. The second-order valence-corrected chi connectivity index (χ2v) is 4.58. The monoisotopic (exact) mass is 261 g/mol. The van der Waals surface area contributed by atoms with Crippen LogP contribution in [0.3, 0.4) is 0 Å². The van der Waals surface area contributed by atoms with Crippen LogP contribution in [0.2, 0.25) is 10.0 Å². The van der Waals surface area contributed by atoms with Crippen LogP contribution in [-0.4, -0.2) is 16.8 Å². The highest BCUT2D eigenvalue weighted by molar-refractivity contribution is 8.15. The fraction of sp³-hybridized carbons (Fsp3) is 0.111. The molecular formula is C9H5Cl2NO2S. The Hall–Kier alpha value is -0.710. The van der Waals surface area contributed by atoms with Gasteiger partial charge in [0, 0.05) is 10.6 Å². The number of halogens is 2. The van der Waals surface area contributed by atoms with E-state index in [2.05, 4.69) is 9.99 Å². The molecule has 1 heterocycles. The molecule has 0 atom stereocenters. The lowest BCUT2D eigenvalue weighted by Gasteiger charge is -2.10. The van der Waals surface area contributed by atoms with Gasteiger partial charge < -0.3 is 4.84 Å². The third-order valence-electron chi connectivity index (χ3n) is 1.72. The number of carbonyl (C=O) groups is 1. The van der Waals surface area contributed by atoms with Gasteiger partial charge in [0.1, 0.15) is 10.8 Å². The Morgan fingerprint density at radius 3 is 2.80 bits per heavy atom. The van der Waals surface area contributed by atoms with Crippen LogP contribution in [0.15, 0.2) is 23.4 Å². The van der Waals surface area contributed by atoms with Gasteiger partial charge in [0.15, 0.2) is 0 Å². The molecule has 0 fully saturated rings. The van der Waals surface area contributed by atoms with E-state index in [-0.39, 0.29) is 11.7 Å². The minimum absolute atomic E-state index is 0.248. The van der Waals surface area contributed by atoms with Crippen molar-refractivity contribution in [2.24, 2.45) is 5.16 Å². The quantitative estimate of drug-likeness (QED) is 0.730. The normalized spacial score (nSPS) is 15.9. The lowest BCUT2D eigenvalue weighted by molar-refractivity contribution is -0.140. The van der Waals surface area contributed by atoms with Crippen molar-refractivity contribution in [3.63, 3.8) is 0 Å². The topological polar surface area (TPSA) is 38.7 Å². The number of oxime groups is 1. The Morgan fingerprint density at radius 1 is 1.40 bits per heavy atom. The van der Waals surface area contributed by atoms with Crippen LogP contribution in [0.1, 0.15) is 5.56 Å². The molecule has 1 aliphatic rings. The first kappa shape index (κ1) is 10.8. The molecule has 0 N–H and O–H groups in total. The molecule has 1 aromatic rings. The second kappa shape index (κ2) is 4.43. The van der Waals surface area contributed by atoms with Crippen molar-refractivity contribution in [1.29, 1.82) is 0 Å². The van der Waals surface area contributed by atoms with Crippen molar-refractivity contribution in [3.05, 3.63) is 33.8 Å². The maximum absolute atomic E-state index is 10.8. The summed E-state index contributed by atoms with van der Waals surface area (Å²) in [5.41, 5.74) is 0.721. The predicted octanol–water partition coefficient (Wildman–Crippen LogP) is 2.95. The molecular weight excluding hydrogens is 257 g/mol. The van der Waals surface area contributed by atoms with Crippen LogP contribution in [0.5, 0.6) is 0 Å². The number of hydrogen-bond donors (Lipinski definition) is 0. The van der Waals surface area contributed by atoms with Crippen LogP contribution >= 0.6 is 35.0 Å². The van der Waals surface area contributed by atoms with Gasteiger partial charge in [-0.1, -0.05) is 40.1 Å². The van der Waals surface area contributed by atoms with Gasteiger partial charge in [0.2, 0.25) is 0 Å². The van der Waals surface area contributed by atoms with Gasteiger partial charge in [0.25, 0.3) is 0 Å². The third-order valence-corrected chi connectivity index (χ3v) is 3.21. The maximum Gasteiger partial charge on any atom is 0.345 e. The van der Waals surface area contributed by atoms with Crippen LogP contribution in [-0.2, 0) is 9.63 Å². The van der Waals surface area contributed by atoms with E-state index in [0.717, 1.165) is 5.56 Å². The number of carbonyl (C=O) groups excluding carboxylic acids is 1. The highest BCUT2D eigenvalue weighted by Crippen LogP contribution is 2.27. The van der Waals surface area contributed by atoms with Crippen LogP contribution < -0.4 is 0 Å². The van der Waals surface area contributed by atoms with Gasteiger partial charge in [0.05, 0.1) is 5.02 Å². The molecule has 0 amide bonds. The Kier molecular flexibility index (Phi) is 3.19. The molecule has 15 heavy (non-hydrogen) atoms. The average Bonchev–Trinajstić information content (AvgIpc) is 2.20. The van der Waals surface area contributed by atoms with E-state index in [1.165, 1.54) is 11.8 Å². The molecule has 0 saturated carbocycles. The lowest BCUT2D eigenvalue weighted by Crippen LogP contribution is -2.13. The van der Waals surface area contributed by atoms with Crippen molar-refractivity contribution in [2.45, 2.75) is 0 Å². The highest BCUT2D eigenvalue weighted by Gasteiger charge is 2.18. The smallest absolute Gasteiger partial charge is 0.316 e. The molecule has 6 heteroatoms. The van der Waals surface area contributed by atoms with Gasteiger partial charge in [-0.05, 0) is 18.2 Å². The van der Waals surface area contributed by atoms with Gasteiger partial charge >= 0.3 is 5.97 Å². The fourth-order valence-corrected chi connectivity index (χ4v) is 2.35. The summed E-state index contributed by atoms with van der Waals surface area (Å²) in [5, 5.41) is 5.32. The molecule has 1 aromatic carbocycles. The van der Waals surface area contributed by atoms with Crippen LogP contribution in [0, 0.1) is 0 Å². The minimum Gasteiger partial charge on any atom is -0.316 e. The molecule has 0 aliphatic carbocycles. The minimum atomic E-state index is -0.353. The first-order valence-corrected chi connectivity index (χ1v) is 5.77. The van der Waals surface area contributed by atoms with Crippen molar-refractivity contribution >= 4 is 46.0 Å². The van der Waals surface area contributed by atoms with Crippen molar-refractivity contribution in [3.8, 4) is 0 Å². The average molecular weight is 262 g/mol. The molecule has 0 spiro atoms. The number of benzene rings is 1. The van der Waals surface area contributed by atoms with Crippen molar-refractivity contribution in [2.75, 3.05) is 5.75 Å². The Bertz CT molecular complexity index is 448. The van der Waals surface area contributed by atoms with Crippen LogP contribution in [0.4, 0.5) is 0 Å². The van der Waals surface area contributed by atoms with E-state index < -0.39 is 0 Å². The zero-order valence-corrected chi connectivity index (χ0v) is 9.70. The van der Waals surface area contributed by atoms with E-state index in [1.54, 1.807) is 18.2 Å². The molecule has 3 nitrogen and oxygen atoms in total. The first-order valence-electron chi connectivity index (χ1n) is 4.03. The fourth-order valence-electron chi connectivity index (χ4n) is 1.06. The molecule has 2 rings (SSSR count). The second-order valence-electron chi connectivity index (χ2n) is 2.77. The van der Waals surface area contributed by atoms with Crippen LogP contribution in [0.25, 0.3) is 0 Å². The van der Waals surface area contributed by atoms with E-state index in [1.807, 2.05) is 0 Å². The summed E-state index contributed by atoms with van der Waals surface area (Å²) >= 11 is 13.0. The Balaban J connectivity index is 2.34. The lowest BCUT2D eigenvalue weighted by atomic mass is 10.2. The van der Waals surface area contributed by atoms with Crippen molar-refractivity contribution in [1.82, 2.24) is 0 Å². The Labute approximate surface area is 100 Å². The van der Waals surface area contributed by atoms with Gasteiger partial charge in [-0.25, -0.2) is 4.79 Å². The summed E-state index contributed by atoms with van der Waals surface area (Å²) in [7, 11) is 0. The number of nitrogens with zero attached hydrogens (tertiary/aromatic N) is 1. The van der Waals surface area contributed by atoms with Gasteiger partial charge in [-0.3, -0.25) is 0 Å². The van der Waals surface area contributed by atoms with Crippen molar-refractivity contribution < 1.29 is 9.63 Å². The summed E-state index contributed by atoms with van der Waals surface area (Å²) in [6.45, 7) is 0. The summed E-state index contributed by atoms with van der Waals surface area (Å²) < 4.78 is 0. The van der Waals surface area contributed by atoms with Gasteiger partial charge in [-0.15, -0.1) is 0 Å². The SMILES string of the molecule is O=C1CSC(c2ccc(Cl)cc2Cl)=NO1. The molecule has 0 bridgehead atoms. The summed E-state index contributed by atoms with van der Waals surface area (Å²) in [4.78, 5) is 15.3. The number of rotatable bonds is 1. The zero-order chi connectivity index (χ0) is 10.8. The summed E-state index contributed by atoms with van der Waals surface area (Å²) in [6, 6.07) is 5.08. The maximum atomic E-state index is 10.8. The Morgan fingerprint density at radius 2 is 2.20 bits per heavy atom. The first-order chi connectivity index (χ1) is 7.16. The third kappa shape index (κ3) is 2.45. The van der Waals surface area contributed by atoms with E-state index >= 15 is 0 Å². The van der Waals surface area contributed by atoms with E-state index in [0.29, 0.717) is 15.1 Å². The van der Waals surface area contributed by atoms with E-state index in [9.17, 15) is 4.79 Å². The molecule has 1 aliphatic heterocycles. The molecule has 0 saturated heterocycles. The molecule has 78 valence electrons. The predicted molar refractivity (Wildman–Crippen MR) is 61.5 cm³/mol. The van der Waals surface area contributed by atoms with Gasteiger partial charge in [-0.2, -0.15) is 0 Å². The molecule has 0 aromatic heterocycles. The molecule has 0 radical (unpaired) electrons. The summed E-state index contributed by atoms with van der Waals surface area (Å²) in [5.74, 6) is -0.105. The molecule has 0 unspecified atom stereocenters. The highest BCUT2D eigenvalue weighted by atomic mass is 35.5. The standard InChI is InChI=1S/C9H5Cl2NO2S/c10-5-1-2-6(7(11)3-5)9-12-14-8(13)4-15-9/h1-3H,4H2. The number of hydrogen-bond acceptors (Lipinski definition) is 4. The zero-order valence-electron chi connectivity index (χ0n) is 7.37. The number of thioether (sulfide) groups is 1. The van der Waals surface area contributed by atoms with E-state index in [4.69, 9.17) is 23.2 Å². The largest absolute Gasteiger partial charge is 0.345 e.